The van der Waals surface area contributed by atoms with Crippen LogP contribution < -0.4 is 0 Å². The Balaban J connectivity index is 2.03. The van der Waals surface area contributed by atoms with E-state index < -0.39 is 5.97 Å². The van der Waals surface area contributed by atoms with Gasteiger partial charge in [0.1, 0.15) is 0 Å². The van der Waals surface area contributed by atoms with Gasteiger partial charge in [0.25, 0.3) is 0 Å². The molecule has 0 amide bonds. The van der Waals surface area contributed by atoms with Gasteiger partial charge in [-0.25, -0.2) is 0 Å². The molecule has 1 aliphatic rings. The summed E-state index contributed by atoms with van der Waals surface area (Å²) in [6.45, 7) is 0. The number of thioether (sulfide) groups is 1. The molecular weight excluding hydrogens is 200 g/mol. The number of rotatable bonds is 6. The van der Waals surface area contributed by atoms with Crippen molar-refractivity contribution in [2.24, 2.45) is 5.92 Å². The van der Waals surface area contributed by atoms with Crippen molar-refractivity contribution in [1.29, 1.82) is 0 Å². The molecule has 1 saturated carbocycles. The summed E-state index contributed by atoms with van der Waals surface area (Å²) in [5.74, 6) is 0.531. The monoisotopic (exact) mass is 218 g/mol. The number of aliphatic hydroxyl groups is 1. The van der Waals surface area contributed by atoms with E-state index in [9.17, 15) is 9.90 Å². The molecule has 14 heavy (non-hydrogen) atoms. The number of hydrogen-bond donors (Lipinski definition) is 2. The minimum absolute atomic E-state index is 0.0989. The molecule has 4 heteroatoms. The van der Waals surface area contributed by atoms with Gasteiger partial charge in [-0.2, -0.15) is 0 Å². The van der Waals surface area contributed by atoms with Crippen molar-refractivity contribution in [2.45, 2.75) is 38.2 Å². The van der Waals surface area contributed by atoms with Gasteiger partial charge in [-0.3, -0.25) is 4.79 Å². The van der Waals surface area contributed by atoms with Gasteiger partial charge in [0, 0.05) is 5.75 Å². The minimum Gasteiger partial charge on any atom is -0.481 e. The SMILES string of the molecule is O=C(O)CSCC(O)CC1CCCC1. The second kappa shape index (κ2) is 6.30. The summed E-state index contributed by atoms with van der Waals surface area (Å²) in [6.07, 6.45) is 5.59. The quantitative estimate of drug-likeness (QED) is 0.713. The third-order valence-corrected chi connectivity index (χ3v) is 3.69. The average Bonchev–Trinajstić information content (AvgIpc) is 2.56. The Morgan fingerprint density at radius 2 is 2.07 bits per heavy atom. The lowest BCUT2D eigenvalue weighted by Crippen LogP contribution is -2.15. The van der Waals surface area contributed by atoms with E-state index >= 15 is 0 Å². The fraction of sp³-hybridized carbons (Fsp3) is 0.900. The number of carbonyl (C=O) groups is 1. The summed E-state index contributed by atoms with van der Waals surface area (Å²) in [5.41, 5.74) is 0. The van der Waals surface area contributed by atoms with Crippen molar-refractivity contribution < 1.29 is 15.0 Å². The van der Waals surface area contributed by atoms with Gasteiger partial charge in [-0.05, 0) is 12.3 Å². The standard InChI is InChI=1S/C10H18O3S/c11-9(6-14-7-10(12)13)5-8-3-1-2-4-8/h8-9,11H,1-7H2,(H,12,13). The van der Waals surface area contributed by atoms with E-state index in [1.54, 1.807) is 0 Å². The van der Waals surface area contributed by atoms with Gasteiger partial charge >= 0.3 is 5.97 Å². The van der Waals surface area contributed by atoms with Gasteiger partial charge in [0.05, 0.1) is 11.9 Å². The van der Waals surface area contributed by atoms with Gasteiger partial charge < -0.3 is 10.2 Å². The largest absolute Gasteiger partial charge is 0.481 e. The summed E-state index contributed by atoms with van der Waals surface area (Å²) in [7, 11) is 0. The Bertz CT molecular complexity index is 178. The van der Waals surface area contributed by atoms with Crippen molar-refractivity contribution >= 4 is 17.7 Å². The fourth-order valence-corrected chi connectivity index (χ4v) is 2.68. The zero-order chi connectivity index (χ0) is 10.4. The second-order valence-electron chi connectivity index (χ2n) is 3.95. The Kier molecular flexibility index (Phi) is 5.33. The average molecular weight is 218 g/mol. The predicted octanol–water partition coefficient (Wildman–Crippen LogP) is 1.75. The van der Waals surface area contributed by atoms with Crippen LogP contribution in [0.25, 0.3) is 0 Å². The molecule has 0 spiro atoms. The number of aliphatic carboxylic acids is 1. The van der Waals surface area contributed by atoms with Gasteiger partial charge in [-0.1, -0.05) is 25.7 Å². The number of aliphatic hydroxyl groups excluding tert-OH is 1. The predicted molar refractivity (Wildman–Crippen MR) is 57.5 cm³/mol. The summed E-state index contributed by atoms with van der Waals surface area (Å²) in [6, 6.07) is 0. The molecule has 82 valence electrons. The van der Waals surface area contributed by atoms with Crippen LogP contribution in [-0.2, 0) is 4.79 Å². The first kappa shape index (κ1) is 11.9. The summed E-state index contributed by atoms with van der Waals surface area (Å²) < 4.78 is 0. The zero-order valence-electron chi connectivity index (χ0n) is 8.32. The van der Waals surface area contributed by atoms with Gasteiger partial charge in [0.15, 0.2) is 0 Å². The van der Waals surface area contributed by atoms with Crippen molar-refractivity contribution in [3.8, 4) is 0 Å². The Morgan fingerprint density at radius 1 is 1.43 bits per heavy atom. The molecule has 1 aliphatic carbocycles. The van der Waals surface area contributed by atoms with Crippen LogP contribution in [-0.4, -0.2) is 33.8 Å². The molecule has 0 heterocycles. The number of carboxylic acids is 1. The summed E-state index contributed by atoms with van der Waals surface area (Å²) in [5, 5.41) is 18.0. The number of carboxylic acid groups (broad SMARTS) is 1. The highest BCUT2D eigenvalue weighted by Gasteiger charge is 2.18. The van der Waals surface area contributed by atoms with Crippen molar-refractivity contribution in [2.75, 3.05) is 11.5 Å². The molecule has 0 bridgehead atoms. The van der Waals surface area contributed by atoms with Crippen molar-refractivity contribution in [3.05, 3.63) is 0 Å². The van der Waals surface area contributed by atoms with Crippen LogP contribution in [0.1, 0.15) is 32.1 Å². The molecule has 0 aromatic heterocycles. The topological polar surface area (TPSA) is 57.5 Å². The van der Waals surface area contributed by atoms with Crippen LogP contribution in [0.4, 0.5) is 0 Å². The van der Waals surface area contributed by atoms with Crippen LogP contribution in [0.15, 0.2) is 0 Å². The molecular formula is C10H18O3S. The molecule has 0 saturated heterocycles. The van der Waals surface area contributed by atoms with E-state index in [1.807, 2.05) is 0 Å². The van der Waals surface area contributed by atoms with Gasteiger partial charge in [0.2, 0.25) is 0 Å². The normalized spacial score (nSPS) is 19.8. The third kappa shape index (κ3) is 4.86. The smallest absolute Gasteiger partial charge is 0.313 e. The highest BCUT2D eigenvalue weighted by molar-refractivity contribution is 7.99. The van der Waals surface area contributed by atoms with E-state index in [4.69, 9.17) is 5.11 Å². The minimum atomic E-state index is -0.803. The molecule has 1 unspecified atom stereocenters. The molecule has 1 atom stereocenters. The lowest BCUT2D eigenvalue weighted by atomic mass is 10.0. The maximum atomic E-state index is 10.2. The van der Waals surface area contributed by atoms with Crippen LogP contribution in [0.2, 0.25) is 0 Å². The van der Waals surface area contributed by atoms with Crippen molar-refractivity contribution in [1.82, 2.24) is 0 Å². The Hall–Kier alpha value is -0.220. The number of hydrogen-bond acceptors (Lipinski definition) is 3. The van der Waals surface area contributed by atoms with E-state index in [-0.39, 0.29) is 11.9 Å². The van der Waals surface area contributed by atoms with Crippen molar-refractivity contribution in [3.63, 3.8) is 0 Å². The van der Waals surface area contributed by atoms with Crippen LogP contribution in [0.5, 0.6) is 0 Å². The van der Waals surface area contributed by atoms with Crippen LogP contribution >= 0.6 is 11.8 Å². The second-order valence-corrected chi connectivity index (χ2v) is 4.98. The first-order valence-electron chi connectivity index (χ1n) is 5.16. The molecule has 0 aliphatic heterocycles. The summed E-state index contributed by atoms with van der Waals surface area (Å²) >= 11 is 1.30. The summed E-state index contributed by atoms with van der Waals surface area (Å²) in [4.78, 5) is 10.2. The molecule has 0 aromatic carbocycles. The molecule has 0 radical (unpaired) electrons. The van der Waals surface area contributed by atoms with E-state index in [0.29, 0.717) is 11.7 Å². The first-order chi connectivity index (χ1) is 6.68. The van der Waals surface area contributed by atoms with E-state index in [1.165, 1.54) is 37.4 Å². The Morgan fingerprint density at radius 3 is 2.64 bits per heavy atom. The first-order valence-corrected chi connectivity index (χ1v) is 6.31. The molecule has 1 rings (SSSR count). The Labute approximate surface area is 88.9 Å². The van der Waals surface area contributed by atoms with E-state index in [2.05, 4.69) is 0 Å². The molecule has 1 fully saturated rings. The third-order valence-electron chi connectivity index (χ3n) is 2.62. The zero-order valence-corrected chi connectivity index (χ0v) is 9.13. The lowest BCUT2D eigenvalue weighted by Gasteiger charge is -2.14. The van der Waals surface area contributed by atoms with Gasteiger partial charge in [-0.15, -0.1) is 11.8 Å². The highest BCUT2D eigenvalue weighted by Crippen LogP contribution is 2.29. The molecule has 2 N–H and O–H groups in total. The molecule has 0 aromatic rings. The highest BCUT2D eigenvalue weighted by atomic mass is 32.2. The van der Waals surface area contributed by atoms with Crippen LogP contribution in [0.3, 0.4) is 0 Å². The lowest BCUT2D eigenvalue weighted by molar-refractivity contribution is -0.133. The maximum Gasteiger partial charge on any atom is 0.313 e. The van der Waals surface area contributed by atoms with Crippen LogP contribution in [0, 0.1) is 5.92 Å². The van der Waals surface area contributed by atoms with E-state index in [0.717, 1.165) is 6.42 Å². The maximum absolute atomic E-state index is 10.2. The fourth-order valence-electron chi connectivity index (χ4n) is 1.98. The molecule has 3 nitrogen and oxygen atoms in total.